The van der Waals surface area contributed by atoms with E-state index in [0.29, 0.717) is 29.9 Å². The van der Waals surface area contributed by atoms with Gasteiger partial charge in [-0.3, -0.25) is 0 Å². The van der Waals surface area contributed by atoms with Gasteiger partial charge in [-0.15, -0.1) is 0 Å². The molecule has 30 heavy (non-hydrogen) atoms. The maximum Gasteiger partial charge on any atom is 0.341 e. The Hall–Kier alpha value is -2.51. The number of fused-ring (bicyclic) bond motifs is 3. The van der Waals surface area contributed by atoms with Crippen molar-refractivity contribution in [3.8, 4) is 17.0 Å². The van der Waals surface area contributed by atoms with Crippen LogP contribution in [0.15, 0.2) is 29.6 Å². The number of nitrogens with zero attached hydrogens (tertiary/aromatic N) is 2. The average molecular weight is 435 g/mol. The summed E-state index contributed by atoms with van der Waals surface area (Å²) in [6.45, 7) is 5.40. The van der Waals surface area contributed by atoms with Gasteiger partial charge in [0.05, 0.1) is 24.4 Å². The van der Waals surface area contributed by atoms with Gasteiger partial charge in [-0.2, -0.15) is 0 Å². The average Bonchev–Trinajstić information content (AvgIpc) is 2.74. The van der Waals surface area contributed by atoms with Crippen LogP contribution in [-0.4, -0.2) is 43.2 Å². The number of pyridine rings is 1. The molecule has 0 aliphatic carbocycles. The zero-order chi connectivity index (χ0) is 21.8. The molecule has 1 aromatic heterocycles. The fourth-order valence-electron chi connectivity index (χ4n) is 3.78. The van der Waals surface area contributed by atoms with Crippen molar-refractivity contribution in [2.75, 3.05) is 27.4 Å². The zero-order valence-corrected chi connectivity index (χ0v) is 18.4. The van der Waals surface area contributed by atoms with Gasteiger partial charge in [0.1, 0.15) is 16.7 Å². The Bertz CT molecular complexity index is 1000. The van der Waals surface area contributed by atoms with Gasteiger partial charge in [0.25, 0.3) is 0 Å². The van der Waals surface area contributed by atoms with E-state index < -0.39 is 5.97 Å². The van der Waals surface area contributed by atoms with Crippen LogP contribution >= 0.6 is 11.6 Å². The van der Waals surface area contributed by atoms with Gasteiger partial charge in [-0.1, -0.05) is 30.6 Å². The highest BCUT2D eigenvalue weighted by molar-refractivity contribution is 6.32. The number of carbonyl (C=O) groups excluding carboxylic acids is 1. The lowest BCUT2D eigenvalue weighted by atomic mass is 9.87. The smallest absolute Gasteiger partial charge is 0.341 e. The van der Waals surface area contributed by atoms with Crippen LogP contribution in [0, 0.1) is 5.92 Å². The summed E-state index contributed by atoms with van der Waals surface area (Å²) in [7, 11) is 2.96. The van der Waals surface area contributed by atoms with E-state index in [2.05, 4.69) is 19.0 Å². The van der Waals surface area contributed by atoms with Crippen LogP contribution in [0.25, 0.3) is 11.3 Å². The number of halogens is 1. The topological polar surface area (TPSA) is 82.3 Å². The van der Waals surface area contributed by atoms with Gasteiger partial charge in [-0.05, 0) is 36.1 Å². The molecule has 162 valence electrons. The summed E-state index contributed by atoms with van der Waals surface area (Å²) in [6.07, 6.45) is 3.23. The third-order valence-electron chi connectivity index (χ3n) is 5.35. The molecule has 7 nitrogen and oxygen atoms in total. The predicted octanol–water partition coefficient (Wildman–Crippen LogP) is 4.05. The third kappa shape index (κ3) is 4.32. The lowest BCUT2D eigenvalue weighted by Gasteiger charge is -2.34. The Morgan fingerprint density at radius 2 is 2.07 bits per heavy atom. The van der Waals surface area contributed by atoms with Gasteiger partial charge in [0.2, 0.25) is 0 Å². The molecule has 1 aliphatic heterocycles. The van der Waals surface area contributed by atoms with E-state index in [-0.39, 0.29) is 17.0 Å². The number of hydrogen-bond donors (Lipinski definition) is 1. The van der Waals surface area contributed by atoms with E-state index in [1.807, 2.05) is 16.7 Å². The second-order valence-electron chi connectivity index (χ2n) is 7.61. The number of esters is 1. The lowest BCUT2D eigenvalue weighted by molar-refractivity contribution is 0.0596. The van der Waals surface area contributed by atoms with E-state index >= 15 is 0 Å². The van der Waals surface area contributed by atoms with Crippen molar-refractivity contribution in [1.82, 2.24) is 4.57 Å². The molecule has 1 atom stereocenters. The standard InChI is InChI=1S/C22H27ClN2O5/c1-13(2)19-8-14-9-21(30-7-5-6-28-3)17(23)10-15(14)20-11-18(24-27)16(12-25(19)20)22(26)29-4/h9-13,19,27H,5-8H2,1-4H3/b24-18-. The first-order chi connectivity index (χ1) is 14.4. The molecule has 0 amide bonds. The van der Waals surface area contributed by atoms with Gasteiger partial charge in [0.15, 0.2) is 0 Å². The number of ether oxygens (including phenoxy) is 3. The highest BCUT2D eigenvalue weighted by Crippen LogP contribution is 2.41. The molecule has 1 aromatic carbocycles. The minimum atomic E-state index is -0.552. The van der Waals surface area contributed by atoms with Gasteiger partial charge < -0.3 is 24.0 Å². The van der Waals surface area contributed by atoms with E-state index in [1.54, 1.807) is 19.4 Å². The van der Waals surface area contributed by atoms with E-state index in [0.717, 1.165) is 29.7 Å². The largest absolute Gasteiger partial charge is 0.492 e. The minimum absolute atomic E-state index is 0.103. The molecule has 1 unspecified atom stereocenters. The second kappa shape index (κ2) is 9.53. The summed E-state index contributed by atoms with van der Waals surface area (Å²) in [5, 5.41) is 13.4. The molecular weight excluding hydrogens is 408 g/mol. The van der Waals surface area contributed by atoms with Crippen molar-refractivity contribution >= 4 is 17.6 Å². The summed E-state index contributed by atoms with van der Waals surface area (Å²) in [5.41, 5.74) is 3.04. The zero-order valence-electron chi connectivity index (χ0n) is 17.6. The Morgan fingerprint density at radius 3 is 2.70 bits per heavy atom. The summed E-state index contributed by atoms with van der Waals surface area (Å²) in [5.74, 6) is 0.385. The number of hydrogen-bond acceptors (Lipinski definition) is 6. The van der Waals surface area contributed by atoms with E-state index in [9.17, 15) is 10.0 Å². The normalized spacial score (nSPS) is 15.7. The van der Waals surface area contributed by atoms with Crippen molar-refractivity contribution in [3.05, 3.63) is 45.9 Å². The molecule has 1 aliphatic rings. The Kier molecular flexibility index (Phi) is 7.05. The van der Waals surface area contributed by atoms with Crippen LogP contribution < -0.4 is 10.1 Å². The quantitative estimate of drug-likeness (QED) is 0.307. The van der Waals surface area contributed by atoms with Crippen LogP contribution in [0.3, 0.4) is 0 Å². The SMILES string of the molecule is COCCCOc1cc2c(cc1Cl)-c1c/c(=N/O)c(C(=O)OC)cn1C(C(C)C)C2. The van der Waals surface area contributed by atoms with Gasteiger partial charge >= 0.3 is 5.97 Å². The monoisotopic (exact) mass is 434 g/mol. The minimum Gasteiger partial charge on any atom is -0.492 e. The molecule has 3 rings (SSSR count). The highest BCUT2D eigenvalue weighted by Gasteiger charge is 2.29. The van der Waals surface area contributed by atoms with Gasteiger partial charge in [-0.25, -0.2) is 4.79 Å². The molecule has 0 spiro atoms. The Labute approximate surface area is 180 Å². The fraction of sp³-hybridized carbons (Fsp3) is 0.455. The number of rotatable bonds is 7. The number of carbonyl (C=O) groups is 1. The Morgan fingerprint density at radius 1 is 1.30 bits per heavy atom. The molecule has 2 aromatic rings. The van der Waals surface area contributed by atoms with Crippen LogP contribution in [0.2, 0.25) is 5.02 Å². The molecule has 0 saturated carbocycles. The number of benzene rings is 1. The molecule has 2 heterocycles. The second-order valence-corrected chi connectivity index (χ2v) is 8.01. The molecule has 0 fully saturated rings. The maximum absolute atomic E-state index is 12.2. The van der Waals surface area contributed by atoms with E-state index in [4.69, 9.17) is 25.8 Å². The Balaban J connectivity index is 2.11. The van der Waals surface area contributed by atoms with Gasteiger partial charge in [0, 0.05) is 37.9 Å². The number of aromatic nitrogens is 1. The molecule has 8 heteroatoms. The van der Waals surface area contributed by atoms with Crippen molar-refractivity contribution in [1.29, 1.82) is 0 Å². The van der Waals surface area contributed by atoms with Crippen molar-refractivity contribution in [2.45, 2.75) is 32.7 Å². The molecule has 0 bridgehead atoms. The van der Waals surface area contributed by atoms with Crippen molar-refractivity contribution in [3.63, 3.8) is 0 Å². The van der Waals surface area contributed by atoms with Crippen molar-refractivity contribution in [2.24, 2.45) is 11.1 Å². The van der Waals surface area contributed by atoms with E-state index in [1.165, 1.54) is 7.11 Å². The summed E-state index contributed by atoms with van der Waals surface area (Å²) in [6, 6.07) is 5.64. The summed E-state index contributed by atoms with van der Waals surface area (Å²) in [4.78, 5) is 12.2. The first-order valence-corrected chi connectivity index (χ1v) is 10.3. The predicted molar refractivity (Wildman–Crippen MR) is 113 cm³/mol. The molecule has 0 radical (unpaired) electrons. The molecule has 0 saturated heterocycles. The van der Waals surface area contributed by atoms with Crippen molar-refractivity contribution < 1.29 is 24.2 Å². The lowest BCUT2D eigenvalue weighted by Crippen LogP contribution is -2.29. The maximum atomic E-state index is 12.2. The van der Waals surface area contributed by atoms with Crippen LogP contribution in [0.5, 0.6) is 5.75 Å². The highest BCUT2D eigenvalue weighted by atomic mass is 35.5. The number of methoxy groups -OCH3 is 2. The summed E-state index contributed by atoms with van der Waals surface area (Å²) < 4.78 is 17.8. The van der Waals surface area contributed by atoms with Crippen LogP contribution in [-0.2, 0) is 15.9 Å². The molecule has 1 N–H and O–H groups in total. The fourth-order valence-corrected chi connectivity index (χ4v) is 4.00. The molecular formula is C22H27ClN2O5. The third-order valence-corrected chi connectivity index (χ3v) is 5.64. The van der Waals surface area contributed by atoms with Crippen LogP contribution in [0.4, 0.5) is 0 Å². The summed E-state index contributed by atoms with van der Waals surface area (Å²) >= 11 is 6.50. The van der Waals surface area contributed by atoms with Crippen LogP contribution in [0.1, 0.15) is 42.2 Å². The first kappa shape index (κ1) is 22.2. The first-order valence-electron chi connectivity index (χ1n) is 9.88.